The summed E-state index contributed by atoms with van der Waals surface area (Å²) in [6.45, 7) is 1.56. The first kappa shape index (κ1) is 12.7. The molecule has 0 aromatic rings. The van der Waals surface area contributed by atoms with Gasteiger partial charge in [0.2, 0.25) is 0 Å². The van der Waals surface area contributed by atoms with Gasteiger partial charge in [0.15, 0.2) is 6.10 Å². The lowest BCUT2D eigenvalue weighted by Gasteiger charge is -2.30. The fraction of sp³-hybridized carbons (Fsp3) is 0.778. The van der Waals surface area contributed by atoms with Crippen LogP contribution in [0.3, 0.4) is 0 Å². The van der Waals surface area contributed by atoms with Crippen LogP contribution < -0.4 is 5.32 Å². The summed E-state index contributed by atoms with van der Waals surface area (Å²) in [5.74, 6) is -1.05. The van der Waals surface area contributed by atoms with E-state index in [0.717, 1.165) is 0 Å². The van der Waals surface area contributed by atoms with Crippen molar-refractivity contribution in [3.05, 3.63) is 0 Å². The van der Waals surface area contributed by atoms with Crippen molar-refractivity contribution in [2.45, 2.75) is 6.10 Å². The number of carbonyl (C=O) groups is 2. The van der Waals surface area contributed by atoms with Crippen LogP contribution in [0, 0.1) is 0 Å². The van der Waals surface area contributed by atoms with Gasteiger partial charge in [0, 0.05) is 20.2 Å². The van der Waals surface area contributed by atoms with Crippen LogP contribution in [0.4, 0.5) is 4.79 Å². The zero-order valence-corrected chi connectivity index (χ0v) is 9.14. The molecule has 0 aromatic carbocycles. The molecule has 1 rings (SSSR count). The van der Waals surface area contributed by atoms with Crippen LogP contribution in [-0.2, 0) is 14.3 Å². The Morgan fingerprint density at radius 1 is 1.62 bits per heavy atom. The van der Waals surface area contributed by atoms with E-state index >= 15 is 0 Å². The Bertz CT molecular complexity index is 258. The summed E-state index contributed by atoms with van der Waals surface area (Å²) in [4.78, 5) is 23.7. The number of nitrogens with zero attached hydrogens (tertiary/aromatic N) is 1. The van der Waals surface area contributed by atoms with Gasteiger partial charge in [-0.15, -0.1) is 0 Å². The van der Waals surface area contributed by atoms with Crippen LogP contribution in [0.15, 0.2) is 0 Å². The quantitative estimate of drug-likeness (QED) is 0.615. The lowest BCUT2D eigenvalue weighted by molar-refractivity contribution is -0.154. The number of carboxylic acid groups (broad SMARTS) is 1. The van der Waals surface area contributed by atoms with Crippen molar-refractivity contribution in [1.29, 1.82) is 0 Å². The predicted molar refractivity (Wildman–Crippen MR) is 54.2 cm³/mol. The minimum Gasteiger partial charge on any atom is -0.479 e. The van der Waals surface area contributed by atoms with Gasteiger partial charge < -0.3 is 24.8 Å². The van der Waals surface area contributed by atoms with Gasteiger partial charge in [-0.25, -0.2) is 9.59 Å². The van der Waals surface area contributed by atoms with E-state index in [1.807, 2.05) is 0 Å². The Hall–Kier alpha value is -1.34. The molecule has 0 aliphatic carbocycles. The average molecular weight is 232 g/mol. The van der Waals surface area contributed by atoms with Crippen molar-refractivity contribution in [2.24, 2.45) is 0 Å². The van der Waals surface area contributed by atoms with E-state index in [2.05, 4.69) is 5.32 Å². The smallest absolute Gasteiger partial charge is 0.334 e. The highest BCUT2D eigenvalue weighted by Gasteiger charge is 2.28. The van der Waals surface area contributed by atoms with Crippen molar-refractivity contribution in [3.8, 4) is 0 Å². The molecule has 16 heavy (non-hydrogen) atoms. The van der Waals surface area contributed by atoms with Crippen molar-refractivity contribution < 1.29 is 24.2 Å². The van der Waals surface area contributed by atoms with E-state index in [1.165, 1.54) is 4.90 Å². The summed E-state index contributed by atoms with van der Waals surface area (Å²) >= 11 is 0. The van der Waals surface area contributed by atoms with Gasteiger partial charge >= 0.3 is 12.0 Å². The molecule has 0 aromatic heterocycles. The van der Waals surface area contributed by atoms with Crippen molar-refractivity contribution in [3.63, 3.8) is 0 Å². The Kier molecular flexibility index (Phi) is 5.00. The van der Waals surface area contributed by atoms with E-state index in [-0.39, 0.29) is 19.2 Å². The molecule has 7 nitrogen and oxygen atoms in total. The van der Waals surface area contributed by atoms with E-state index < -0.39 is 12.1 Å². The van der Waals surface area contributed by atoms with Crippen molar-refractivity contribution >= 4 is 12.0 Å². The Labute approximate surface area is 93.3 Å². The van der Waals surface area contributed by atoms with E-state index in [9.17, 15) is 9.59 Å². The molecule has 2 N–H and O–H groups in total. The van der Waals surface area contributed by atoms with Crippen LogP contribution in [0.2, 0.25) is 0 Å². The molecule has 0 spiro atoms. The fourth-order valence-corrected chi connectivity index (χ4v) is 1.35. The second kappa shape index (κ2) is 6.29. The summed E-state index contributed by atoms with van der Waals surface area (Å²) in [5, 5.41) is 11.4. The molecule has 0 saturated carbocycles. The zero-order valence-electron chi connectivity index (χ0n) is 9.14. The maximum Gasteiger partial charge on any atom is 0.334 e. The lowest BCUT2D eigenvalue weighted by atomic mass is 10.3. The summed E-state index contributed by atoms with van der Waals surface area (Å²) in [6.07, 6.45) is -0.929. The number of ether oxygens (including phenoxy) is 2. The molecule has 1 aliphatic rings. The fourth-order valence-electron chi connectivity index (χ4n) is 1.35. The number of aliphatic carboxylic acids is 1. The summed E-state index contributed by atoms with van der Waals surface area (Å²) in [6, 6.07) is -0.286. The van der Waals surface area contributed by atoms with Crippen LogP contribution in [0.1, 0.15) is 0 Å². The first-order valence-corrected chi connectivity index (χ1v) is 5.01. The minimum absolute atomic E-state index is 0.0775. The average Bonchev–Trinajstić information content (AvgIpc) is 2.29. The normalized spacial score (nSPS) is 20.6. The molecule has 1 fully saturated rings. The number of methoxy groups -OCH3 is 1. The van der Waals surface area contributed by atoms with Gasteiger partial charge in [-0.05, 0) is 0 Å². The third-order valence-electron chi connectivity index (χ3n) is 2.21. The molecule has 7 heteroatoms. The number of nitrogens with one attached hydrogen (secondary N) is 1. The number of rotatable bonds is 4. The van der Waals surface area contributed by atoms with Crippen LogP contribution in [0.5, 0.6) is 0 Å². The first-order chi connectivity index (χ1) is 7.65. The van der Waals surface area contributed by atoms with Crippen LogP contribution in [-0.4, -0.2) is 68.1 Å². The summed E-state index contributed by atoms with van der Waals surface area (Å²) < 4.78 is 9.79. The molecule has 2 amide bonds. The molecule has 0 bridgehead atoms. The second-order valence-corrected chi connectivity index (χ2v) is 3.37. The third-order valence-corrected chi connectivity index (χ3v) is 2.21. The molecule has 1 aliphatic heterocycles. The Balaban J connectivity index is 2.35. The minimum atomic E-state index is -1.05. The van der Waals surface area contributed by atoms with Gasteiger partial charge in [-0.2, -0.15) is 0 Å². The maximum absolute atomic E-state index is 11.6. The van der Waals surface area contributed by atoms with E-state index in [1.54, 1.807) is 7.11 Å². The second-order valence-electron chi connectivity index (χ2n) is 3.37. The molecule has 1 atom stereocenters. The third kappa shape index (κ3) is 3.67. The van der Waals surface area contributed by atoms with E-state index in [4.69, 9.17) is 14.6 Å². The summed E-state index contributed by atoms with van der Waals surface area (Å²) in [7, 11) is 1.54. The topological polar surface area (TPSA) is 88.1 Å². The summed E-state index contributed by atoms with van der Waals surface area (Å²) in [5.41, 5.74) is 0. The van der Waals surface area contributed by atoms with Gasteiger partial charge in [0.1, 0.15) is 0 Å². The van der Waals surface area contributed by atoms with Crippen molar-refractivity contribution in [2.75, 3.05) is 40.0 Å². The predicted octanol–water partition coefficient (Wildman–Crippen LogP) is -0.872. The highest BCUT2D eigenvalue weighted by Crippen LogP contribution is 2.05. The van der Waals surface area contributed by atoms with Crippen LogP contribution in [0.25, 0.3) is 0 Å². The van der Waals surface area contributed by atoms with Gasteiger partial charge in [-0.3, -0.25) is 0 Å². The maximum atomic E-state index is 11.6. The molecular formula is C9H16N2O5. The van der Waals surface area contributed by atoms with E-state index in [0.29, 0.717) is 19.7 Å². The molecule has 92 valence electrons. The molecule has 1 saturated heterocycles. The van der Waals surface area contributed by atoms with Gasteiger partial charge in [-0.1, -0.05) is 0 Å². The highest BCUT2D eigenvalue weighted by atomic mass is 16.5. The zero-order chi connectivity index (χ0) is 12.0. The van der Waals surface area contributed by atoms with Crippen LogP contribution >= 0.6 is 0 Å². The lowest BCUT2D eigenvalue weighted by Crippen LogP contribution is -2.52. The number of hydrogen-bond acceptors (Lipinski definition) is 4. The standard InChI is InChI=1S/C9H16N2O5/c1-15-4-2-10-9(14)11-3-5-16-7(6-11)8(12)13/h7H,2-6H2,1H3,(H,10,14)(H,12,13). The highest BCUT2D eigenvalue weighted by molar-refractivity contribution is 5.77. The number of morpholine rings is 1. The number of carboxylic acids is 1. The number of urea groups is 1. The number of hydrogen-bond donors (Lipinski definition) is 2. The molecule has 1 heterocycles. The Morgan fingerprint density at radius 3 is 3.00 bits per heavy atom. The monoisotopic (exact) mass is 232 g/mol. The Morgan fingerprint density at radius 2 is 2.38 bits per heavy atom. The van der Waals surface area contributed by atoms with Gasteiger partial charge in [0.05, 0.1) is 19.8 Å². The van der Waals surface area contributed by atoms with Crippen molar-refractivity contribution in [1.82, 2.24) is 10.2 Å². The molecule has 1 unspecified atom stereocenters. The molecular weight excluding hydrogens is 216 g/mol. The number of carbonyl (C=O) groups excluding carboxylic acids is 1. The van der Waals surface area contributed by atoms with Gasteiger partial charge in [0.25, 0.3) is 0 Å². The molecule has 0 radical (unpaired) electrons. The SMILES string of the molecule is COCCNC(=O)N1CCOC(C(=O)O)C1. The largest absolute Gasteiger partial charge is 0.479 e. The first-order valence-electron chi connectivity index (χ1n) is 5.01. The number of amides is 2.